The lowest BCUT2D eigenvalue weighted by Gasteiger charge is -2.48. The van der Waals surface area contributed by atoms with Crippen molar-refractivity contribution in [1.29, 1.82) is 0 Å². The molecule has 3 fully saturated rings. The molecule has 3 rings (SSSR count). The molecule has 504 valence electrons. The van der Waals surface area contributed by atoms with Gasteiger partial charge in [0.2, 0.25) is 5.91 Å². The second-order valence-corrected chi connectivity index (χ2v) is 25.4. The van der Waals surface area contributed by atoms with Crippen molar-refractivity contribution in [1.82, 2.24) is 5.32 Å². The zero-order chi connectivity index (χ0) is 61.9. The summed E-state index contributed by atoms with van der Waals surface area (Å²) in [5, 5.41) is 120. The van der Waals surface area contributed by atoms with Crippen LogP contribution < -0.4 is 5.32 Å². The monoisotopic (exact) mass is 1220 g/mol. The lowest BCUT2D eigenvalue weighted by atomic mass is 9.96. The van der Waals surface area contributed by atoms with E-state index >= 15 is 0 Å². The number of aliphatic hydroxyl groups excluding tert-OH is 11. The van der Waals surface area contributed by atoms with Crippen LogP contribution in [0.2, 0.25) is 0 Å². The fraction of sp³-hybridized carbons (Fsp3) is 0.985. The SMILES string of the molecule is CCCCCCCCCCCCCCCCCCCCCCCCCCCCCCCCCCC(=O)NC(COC1OC(CO)C(OC2OC(CO)C(OC3OC(CO)C(O)C(O)C3O)C(O)C2O)C(O)C1O)C(O)CCCCCCCCCC. The zero-order valence-corrected chi connectivity index (χ0v) is 53.1. The minimum Gasteiger partial charge on any atom is -0.394 e. The van der Waals surface area contributed by atoms with Crippen molar-refractivity contribution in [2.75, 3.05) is 26.4 Å². The van der Waals surface area contributed by atoms with Gasteiger partial charge in [-0.2, -0.15) is 0 Å². The van der Waals surface area contributed by atoms with E-state index in [0.717, 1.165) is 44.9 Å². The Bertz CT molecular complexity index is 1550. The molecule has 3 aliphatic heterocycles. The Morgan fingerprint density at radius 2 is 0.671 bits per heavy atom. The van der Waals surface area contributed by atoms with Crippen LogP contribution in [0.4, 0.5) is 0 Å². The molecule has 0 radical (unpaired) electrons. The smallest absolute Gasteiger partial charge is 0.220 e. The van der Waals surface area contributed by atoms with Crippen molar-refractivity contribution >= 4 is 5.91 Å². The van der Waals surface area contributed by atoms with Crippen molar-refractivity contribution in [3.8, 4) is 0 Å². The first-order chi connectivity index (χ1) is 41.3. The number of hydrogen-bond donors (Lipinski definition) is 12. The Kier molecular flexibility index (Phi) is 45.4. The summed E-state index contributed by atoms with van der Waals surface area (Å²) in [5.41, 5.74) is 0. The fourth-order valence-corrected chi connectivity index (χ4v) is 12.3. The maximum atomic E-state index is 13.3. The van der Waals surface area contributed by atoms with E-state index in [4.69, 9.17) is 28.4 Å². The van der Waals surface area contributed by atoms with Crippen LogP contribution in [0.3, 0.4) is 0 Å². The molecule has 0 saturated carbocycles. The van der Waals surface area contributed by atoms with E-state index in [-0.39, 0.29) is 18.9 Å². The lowest BCUT2D eigenvalue weighted by Crippen LogP contribution is -2.66. The standard InChI is InChI=1S/C66H127NO18/c1-3-5-7-9-11-13-14-15-16-17-18-19-20-21-22-23-24-25-26-27-28-29-30-31-32-33-34-35-36-38-40-42-44-54(72)67-49(50(71)43-41-39-37-12-10-8-6-4-2)48-80-64-60(78)57(75)62(52(46-69)82-64)85-66-61(79)58(76)63(53(47-70)83-66)84-65-59(77)56(74)55(73)51(45-68)81-65/h49-53,55-66,68-71,73-79H,3-48H2,1-2H3,(H,67,72). The molecule has 3 saturated heterocycles. The molecule has 0 aliphatic carbocycles. The molecule has 12 N–H and O–H groups in total. The summed E-state index contributed by atoms with van der Waals surface area (Å²) in [4.78, 5) is 13.3. The van der Waals surface area contributed by atoms with E-state index in [9.17, 15) is 61.0 Å². The maximum absolute atomic E-state index is 13.3. The molecule has 0 aromatic carbocycles. The van der Waals surface area contributed by atoms with Gasteiger partial charge in [0, 0.05) is 6.42 Å². The van der Waals surface area contributed by atoms with Gasteiger partial charge in [-0.05, 0) is 12.8 Å². The molecule has 0 aromatic heterocycles. The molecule has 3 heterocycles. The van der Waals surface area contributed by atoms with Crippen LogP contribution in [0.15, 0.2) is 0 Å². The number of unbranched alkanes of at least 4 members (excludes halogenated alkanes) is 38. The number of carbonyl (C=O) groups excluding carboxylic acids is 1. The first-order valence-electron chi connectivity index (χ1n) is 34.8. The summed E-state index contributed by atoms with van der Waals surface area (Å²) in [6.45, 7) is 1.78. The number of hydrogen-bond acceptors (Lipinski definition) is 18. The van der Waals surface area contributed by atoms with E-state index in [0.29, 0.717) is 12.8 Å². The highest BCUT2D eigenvalue weighted by molar-refractivity contribution is 5.76. The fourth-order valence-electron chi connectivity index (χ4n) is 12.3. The average molecular weight is 1220 g/mol. The van der Waals surface area contributed by atoms with E-state index < -0.39 is 124 Å². The third-order valence-electron chi connectivity index (χ3n) is 17.9. The molecule has 3 aliphatic rings. The van der Waals surface area contributed by atoms with Crippen molar-refractivity contribution in [2.45, 2.75) is 388 Å². The highest BCUT2D eigenvalue weighted by atomic mass is 16.8. The van der Waals surface area contributed by atoms with Gasteiger partial charge in [-0.3, -0.25) is 4.79 Å². The molecule has 1 amide bonds. The molecular weight excluding hydrogens is 1090 g/mol. The Hall–Kier alpha value is -1.21. The lowest BCUT2D eigenvalue weighted by molar-refractivity contribution is -0.379. The van der Waals surface area contributed by atoms with Gasteiger partial charge < -0.3 is 89.9 Å². The quantitative estimate of drug-likeness (QED) is 0.0253. The van der Waals surface area contributed by atoms with Crippen molar-refractivity contribution in [2.24, 2.45) is 0 Å². The second kappa shape index (κ2) is 49.5. The van der Waals surface area contributed by atoms with E-state index in [1.54, 1.807) is 0 Å². The molecule has 0 bridgehead atoms. The van der Waals surface area contributed by atoms with Gasteiger partial charge in [0.25, 0.3) is 0 Å². The second-order valence-electron chi connectivity index (χ2n) is 25.4. The highest BCUT2D eigenvalue weighted by Crippen LogP contribution is 2.33. The van der Waals surface area contributed by atoms with Crippen LogP contribution in [-0.4, -0.2) is 193 Å². The van der Waals surface area contributed by atoms with E-state index in [2.05, 4.69) is 19.2 Å². The molecule has 0 spiro atoms. The Labute approximate surface area is 513 Å². The number of rotatable bonds is 54. The zero-order valence-electron chi connectivity index (χ0n) is 53.1. The van der Waals surface area contributed by atoms with Crippen molar-refractivity contribution < 1.29 is 89.4 Å². The molecule has 0 aromatic rings. The van der Waals surface area contributed by atoms with E-state index in [1.165, 1.54) is 205 Å². The van der Waals surface area contributed by atoms with Gasteiger partial charge in [-0.1, -0.05) is 264 Å². The molecule has 19 nitrogen and oxygen atoms in total. The van der Waals surface area contributed by atoms with Crippen LogP contribution in [0.1, 0.15) is 284 Å². The molecule has 19 heteroatoms. The Morgan fingerprint density at radius 3 is 1.02 bits per heavy atom. The van der Waals surface area contributed by atoms with Crippen LogP contribution in [0, 0.1) is 0 Å². The Morgan fingerprint density at radius 1 is 0.376 bits per heavy atom. The van der Waals surface area contributed by atoms with Crippen LogP contribution in [0.5, 0.6) is 0 Å². The average Bonchev–Trinajstić information content (AvgIpc) is 2.50. The van der Waals surface area contributed by atoms with Gasteiger partial charge in [0.15, 0.2) is 18.9 Å². The third kappa shape index (κ3) is 32.1. The number of carbonyl (C=O) groups is 1. The topological polar surface area (TPSA) is 307 Å². The summed E-state index contributed by atoms with van der Waals surface area (Å²) in [6, 6.07) is -0.879. The number of nitrogens with one attached hydrogen (secondary N) is 1. The van der Waals surface area contributed by atoms with Gasteiger partial charge in [0.1, 0.15) is 73.2 Å². The molecule has 17 unspecified atom stereocenters. The summed E-state index contributed by atoms with van der Waals surface area (Å²) in [7, 11) is 0. The minimum absolute atomic E-state index is 0.240. The minimum atomic E-state index is -1.97. The van der Waals surface area contributed by atoms with E-state index in [1.807, 2.05) is 0 Å². The van der Waals surface area contributed by atoms with Crippen molar-refractivity contribution in [3.63, 3.8) is 0 Å². The van der Waals surface area contributed by atoms with Crippen molar-refractivity contribution in [3.05, 3.63) is 0 Å². The predicted octanol–water partition coefficient (Wildman–Crippen LogP) is 8.72. The number of ether oxygens (including phenoxy) is 6. The van der Waals surface area contributed by atoms with Gasteiger partial charge in [0.05, 0.1) is 38.6 Å². The summed E-state index contributed by atoms with van der Waals surface area (Å²) in [6.07, 6.45) is 25.4. The van der Waals surface area contributed by atoms with Gasteiger partial charge in [-0.25, -0.2) is 0 Å². The summed E-state index contributed by atoms with van der Waals surface area (Å²) < 4.78 is 34.3. The number of aliphatic hydroxyl groups is 11. The predicted molar refractivity (Wildman–Crippen MR) is 328 cm³/mol. The van der Waals surface area contributed by atoms with Crippen LogP contribution in [-0.2, 0) is 33.2 Å². The largest absolute Gasteiger partial charge is 0.394 e. The molecule has 17 atom stereocenters. The van der Waals surface area contributed by atoms with Gasteiger partial charge in [-0.15, -0.1) is 0 Å². The first kappa shape index (κ1) is 78.0. The normalized spacial score (nSPS) is 28.9. The van der Waals surface area contributed by atoms with Crippen LogP contribution in [0.25, 0.3) is 0 Å². The Balaban J connectivity index is 1.30. The van der Waals surface area contributed by atoms with Gasteiger partial charge >= 0.3 is 0 Å². The summed E-state index contributed by atoms with van der Waals surface area (Å²) >= 11 is 0. The summed E-state index contributed by atoms with van der Waals surface area (Å²) in [5.74, 6) is -0.240. The maximum Gasteiger partial charge on any atom is 0.220 e. The third-order valence-corrected chi connectivity index (χ3v) is 17.9. The first-order valence-corrected chi connectivity index (χ1v) is 34.8. The molecule has 85 heavy (non-hydrogen) atoms. The van der Waals surface area contributed by atoms with Crippen LogP contribution >= 0.6 is 0 Å². The highest BCUT2D eigenvalue weighted by Gasteiger charge is 2.53. The molecular formula is C66H127NO18. The number of amides is 1.